The maximum Gasteiger partial charge on any atom is 0.354 e. The average molecular weight is 348 g/mol. The molecule has 7 heteroatoms. The zero-order chi connectivity index (χ0) is 19.0. The number of nitrogens with zero attached hydrogens (tertiary/aromatic N) is 1. The van der Waals surface area contributed by atoms with Crippen LogP contribution in [0.4, 0.5) is 0 Å². The van der Waals surface area contributed by atoms with Crippen LogP contribution in [0.25, 0.3) is 0 Å². The fourth-order valence-electron chi connectivity index (χ4n) is 1.74. The van der Waals surface area contributed by atoms with Crippen LogP contribution in [-0.2, 0) is 14.3 Å². The zero-order valence-electron chi connectivity index (χ0n) is 15.2. The molecule has 0 spiro atoms. The third kappa shape index (κ3) is 6.37. The number of hydrazone groups is 1. The smallest absolute Gasteiger partial charge is 0.354 e. The van der Waals surface area contributed by atoms with Crippen molar-refractivity contribution in [2.75, 3.05) is 13.7 Å². The summed E-state index contributed by atoms with van der Waals surface area (Å²) >= 11 is 0. The van der Waals surface area contributed by atoms with Crippen LogP contribution < -0.4 is 10.2 Å². The lowest BCUT2D eigenvalue weighted by atomic mass is 9.88. The number of amides is 1. The molecule has 1 amide bonds. The van der Waals surface area contributed by atoms with Crippen molar-refractivity contribution >= 4 is 23.4 Å². The minimum atomic E-state index is -0.731. The van der Waals surface area contributed by atoms with E-state index in [4.69, 9.17) is 9.47 Å². The van der Waals surface area contributed by atoms with Gasteiger partial charge in [0.1, 0.15) is 11.5 Å². The summed E-state index contributed by atoms with van der Waals surface area (Å²) in [5.41, 5.74) is 1.82. The number of carbonyl (C=O) groups is 3. The second-order valence-electron chi connectivity index (χ2n) is 6.30. The average Bonchev–Trinajstić information content (AvgIpc) is 2.57. The van der Waals surface area contributed by atoms with Crippen LogP contribution in [0.1, 0.15) is 44.5 Å². The molecule has 1 rings (SSSR count). The Bertz CT molecular complexity index is 674. The number of hydrogen-bond acceptors (Lipinski definition) is 6. The van der Waals surface area contributed by atoms with Crippen molar-refractivity contribution in [1.82, 2.24) is 5.43 Å². The first-order valence-corrected chi connectivity index (χ1v) is 7.90. The Morgan fingerprint density at radius 2 is 1.88 bits per heavy atom. The molecule has 7 nitrogen and oxygen atoms in total. The quantitative estimate of drug-likeness (QED) is 0.464. The number of carbonyl (C=O) groups excluding carboxylic acids is 3. The van der Waals surface area contributed by atoms with Crippen molar-refractivity contribution in [1.29, 1.82) is 0 Å². The maximum atomic E-state index is 12.2. The summed E-state index contributed by atoms with van der Waals surface area (Å²) < 4.78 is 9.96. The van der Waals surface area contributed by atoms with E-state index in [1.165, 1.54) is 13.2 Å². The molecule has 1 aromatic rings. The Balaban J connectivity index is 2.95. The molecule has 0 fully saturated rings. The van der Waals surface area contributed by atoms with Gasteiger partial charge in [-0.3, -0.25) is 9.59 Å². The molecular weight excluding hydrogens is 324 g/mol. The SMILES string of the molecule is CCOC(=O)/C(CC(=O)C(C)(C)C)=N\NC(=O)c1cccc(OC)c1. The maximum absolute atomic E-state index is 12.2. The van der Waals surface area contributed by atoms with E-state index in [9.17, 15) is 14.4 Å². The number of nitrogens with one attached hydrogen (secondary N) is 1. The van der Waals surface area contributed by atoms with Gasteiger partial charge >= 0.3 is 5.97 Å². The highest BCUT2D eigenvalue weighted by Crippen LogP contribution is 2.17. The summed E-state index contributed by atoms with van der Waals surface area (Å²) in [4.78, 5) is 36.3. The highest BCUT2D eigenvalue weighted by Gasteiger charge is 2.26. The number of methoxy groups -OCH3 is 1. The van der Waals surface area contributed by atoms with Gasteiger partial charge in [-0.05, 0) is 25.1 Å². The van der Waals surface area contributed by atoms with E-state index in [1.807, 2.05) is 0 Å². The molecule has 0 heterocycles. The van der Waals surface area contributed by atoms with E-state index in [0.29, 0.717) is 11.3 Å². The lowest BCUT2D eigenvalue weighted by Gasteiger charge is -2.16. The summed E-state index contributed by atoms with van der Waals surface area (Å²) in [7, 11) is 1.49. The molecule has 0 saturated carbocycles. The Kier molecular flexibility index (Phi) is 7.29. The van der Waals surface area contributed by atoms with E-state index in [2.05, 4.69) is 10.5 Å². The van der Waals surface area contributed by atoms with Crippen molar-refractivity contribution in [3.8, 4) is 5.75 Å². The molecule has 1 N–H and O–H groups in total. The van der Waals surface area contributed by atoms with Gasteiger partial charge in [0.05, 0.1) is 20.1 Å². The number of Topliss-reactive ketones (excluding diaryl/α,β-unsaturated/α-hetero) is 1. The monoisotopic (exact) mass is 348 g/mol. The standard InChI is InChI=1S/C18H24N2O5/c1-6-25-17(23)14(11-15(21)18(2,3)4)19-20-16(22)12-8-7-9-13(10-12)24-5/h7-10H,6,11H2,1-5H3,(H,20,22)/b19-14-. The van der Waals surface area contributed by atoms with Crippen molar-refractivity contribution in [3.63, 3.8) is 0 Å². The normalized spacial score (nSPS) is 11.6. The topological polar surface area (TPSA) is 94.1 Å². The molecule has 0 bridgehead atoms. The predicted molar refractivity (Wildman–Crippen MR) is 93.6 cm³/mol. The molecule has 25 heavy (non-hydrogen) atoms. The van der Waals surface area contributed by atoms with Gasteiger partial charge in [0, 0.05) is 11.0 Å². The Morgan fingerprint density at radius 3 is 2.44 bits per heavy atom. The van der Waals surface area contributed by atoms with Gasteiger partial charge in [-0.15, -0.1) is 0 Å². The number of esters is 1. The summed E-state index contributed by atoms with van der Waals surface area (Å²) in [5, 5.41) is 3.81. The van der Waals surface area contributed by atoms with Gasteiger partial charge in [0.15, 0.2) is 5.71 Å². The summed E-state index contributed by atoms with van der Waals surface area (Å²) in [6.45, 7) is 7.02. The second kappa shape index (κ2) is 8.96. The van der Waals surface area contributed by atoms with Gasteiger partial charge in [0.2, 0.25) is 0 Å². The van der Waals surface area contributed by atoms with Crippen LogP contribution in [-0.4, -0.2) is 37.1 Å². The number of rotatable bonds is 7. The van der Waals surface area contributed by atoms with Crippen molar-refractivity contribution in [2.24, 2.45) is 10.5 Å². The predicted octanol–water partition coefficient (Wildman–Crippen LogP) is 2.35. The van der Waals surface area contributed by atoms with Crippen LogP contribution in [0.5, 0.6) is 5.75 Å². The Hall–Kier alpha value is -2.70. The Morgan fingerprint density at radius 1 is 1.20 bits per heavy atom. The van der Waals surface area contributed by atoms with Crippen molar-refractivity contribution in [3.05, 3.63) is 29.8 Å². The number of benzene rings is 1. The fourth-order valence-corrected chi connectivity index (χ4v) is 1.74. The van der Waals surface area contributed by atoms with Gasteiger partial charge in [-0.1, -0.05) is 26.8 Å². The molecular formula is C18H24N2O5. The molecule has 0 saturated heterocycles. The van der Waals surface area contributed by atoms with Crippen LogP contribution >= 0.6 is 0 Å². The summed E-state index contributed by atoms with van der Waals surface area (Å²) in [6.07, 6.45) is -0.222. The first-order chi connectivity index (χ1) is 11.7. The molecule has 136 valence electrons. The first-order valence-electron chi connectivity index (χ1n) is 7.90. The van der Waals surface area contributed by atoms with Gasteiger partial charge < -0.3 is 9.47 Å². The minimum absolute atomic E-state index is 0.141. The number of ether oxygens (including phenoxy) is 2. The van der Waals surface area contributed by atoms with Crippen LogP contribution in [0.15, 0.2) is 29.4 Å². The molecule has 0 aliphatic rings. The van der Waals surface area contributed by atoms with Crippen molar-refractivity contribution < 1.29 is 23.9 Å². The van der Waals surface area contributed by atoms with Gasteiger partial charge in [0.25, 0.3) is 5.91 Å². The third-order valence-corrected chi connectivity index (χ3v) is 3.30. The van der Waals surface area contributed by atoms with E-state index < -0.39 is 17.3 Å². The van der Waals surface area contributed by atoms with Crippen LogP contribution in [0.2, 0.25) is 0 Å². The van der Waals surface area contributed by atoms with E-state index in [0.717, 1.165) is 0 Å². The largest absolute Gasteiger partial charge is 0.497 e. The molecule has 0 aromatic heterocycles. The molecule has 0 atom stereocenters. The van der Waals surface area contributed by atoms with E-state index >= 15 is 0 Å². The third-order valence-electron chi connectivity index (χ3n) is 3.30. The van der Waals surface area contributed by atoms with Gasteiger partial charge in [-0.25, -0.2) is 10.2 Å². The summed E-state index contributed by atoms with van der Waals surface area (Å²) in [6, 6.07) is 6.48. The lowest BCUT2D eigenvalue weighted by molar-refractivity contribution is -0.136. The second-order valence-corrected chi connectivity index (χ2v) is 6.30. The minimum Gasteiger partial charge on any atom is -0.497 e. The molecule has 0 aliphatic heterocycles. The van der Waals surface area contributed by atoms with Crippen molar-refractivity contribution in [2.45, 2.75) is 34.1 Å². The first kappa shape index (κ1) is 20.3. The van der Waals surface area contributed by atoms with Gasteiger partial charge in [-0.2, -0.15) is 5.10 Å². The zero-order valence-corrected chi connectivity index (χ0v) is 15.2. The molecule has 0 radical (unpaired) electrons. The molecule has 1 aromatic carbocycles. The molecule has 0 aliphatic carbocycles. The van der Waals surface area contributed by atoms with E-state index in [1.54, 1.807) is 45.9 Å². The highest BCUT2D eigenvalue weighted by atomic mass is 16.5. The lowest BCUT2D eigenvalue weighted by Crippen LogP contribution is -2.30. The number of ketones is 1. The van der Waals surface area contributed by atoms with Crippen LogP contribution in [0, 0.1) is 5.41 Å². The molecule has 0 unspecified atom stereocenters. The Labute approximate surface area is 147 Å². The highest BCUT2D eigenvalue weighted by molar-refractivity contribution is 6.40. The number of hydrogen-bond donors (Lipinski definition) is 1. The van der Waals surface area contributed by atoms with Crippen LogP contribution in [0.3, 0.4) is 0 Å². The van der Waals surface area contributed by atoms with E-state index in [-0.39, 0.29) is 24.5 Å². The summed E-state index contributed by atoms with van der Waals surface area (Å²) in [5.74, 6) is -0.921. The fraction of sp³-hybridized carbons (Fsp3) is 0.444.